The van der Waals surface area contributed by atoms with Crippen molar-refractivity contribution in [2.24, 2.45) is 0 Å². The Morgan fingerprint density at radius 3 is 2.32 bits per heavy atom. The van der Waals surface area contributed by atoms with Gasteiger partial charge in [0.15, 0.2) is 0 Å². The van der Waals surface area contributed by atoms with E-state index in [1.807, 2.05) is 23.9 Å². The quantitative estimate of drug-likeness (QED) is 0.228. The summed E-state index contributed by atoms with van der Waals surface area (Å²) >= 11 is 1.85. The first-order valence-corrected chi connectivity index (χ1v) is 14.8. The van der Waals surface area contributed by atoms with Gasteiger partial charge in [-0.1, -0.05) is 80.6 Å². The minimum absolute atomic E-state index is 0.171. The van der Waals surface area contributed by atoms with Gasteiger partial charge in [-0.3, -0.25) is 4.79 Å². The van der Waals surface area contributed by atoms with Crippen LogP contribution in [-0.2, 0) is 5.75 Å². The molecule has 2 aliphatic heterocycles. The van der Waals surface area contributed by atoms with E-state index in [1.165, 1.54) is 26.8 Å². The molecular formula is C34H35NO2S. The molecule has 4 aromatic rings. The Labute approximate surface area is 230 Å². The standard InChI is InChI=1S/C34H35NO2S/c1-23(2)30-10-5-6-12-32(30)37-29-20-27-18-19-28(21-29)35(27)34(36)26-16-14-24(15-17-26)22-38-33-13-7-9-25-8-3-4-11-31(25)33/h3-17,23,27-29H,18-22H2,1-2H3. The predicted octanol–water partition coefficient (Wildman–Crippen LogP) is 8.47. The minimum Gasteiger partial charge on any atom is -0.490 e. The summed E-state index contributed by atoms with van der Waals surface area (Å²) in [6.07, 6.45) is 4.14. The van der Waals surface area contributed by atoms with Crippen molar-refractivity contribution in [1.29, 1.82) is 0 Å². The first-order valence-electron chi connectivity index (χ1n) is 13.8. The van der Waals surface area contributed by atoms with Crippen molar-refractivity contribution < 1.29 is 9.53 Å². The SMILES string of the molecule is CC(C)c1ccccc1OC1CC2CCC(C1)N2C(=O)c1ccc(CSc2cccc3ccccc23)cc1. The van der Waals surface area contributed by atoms with Crippen LogP contribution in [-0.4, -0.2) is 29.0 Å². The zero-order chi connectivity index (χ0) is 26.1. The van der Waals surface area contributed by atoms with Gasteiger partial charge in [0, 0.05) is 41.1 Å². The molecule has 2 saturated heterocycles. The van der Waals surface area contributed by atoms with E-state index in [2.05, 4.69) is 97.6 Å². The Bertz CT molecular complexity index is 1410. The number of hydrogen-bond acceptors (Lipinski definition) is 3. The van der Waals surface area contributed by atoms with E-state index in [0.29, 0.717) is 5.92 Å². The van der Waals surface area contributed by atoms with Gasteiger partial charge in [0.2, 0.25) is 0 Å². The summed E-state index contributed by atoms with van der Waals surface area (Å²) in [5.74, 6) is 2.49. The number of thioether (sulfide) groups is 1. The van der Waals surface area contributed by atoms with Crippen molar-refractivity contribution in [2.75, 3.05) is 0 Å². The molecule has 0 aliphatic carbocycles. The number of rotatable bonds is 7. The molecule has 2 atom stereocenters. The third-order valence-electron chi connectivity index (χ3n) is 8.10. The summed E-state index contributed by atoms with van der Waals surface area (Å²) in [6.45, 7) is 4.42. The summed E-state index contributed by atoms with van der Waals surface area (Å²) < 4.78 is 6.53. The number of carbonyl (C=O) groups is 1. The van der Waals surface area contributed by atoms with Crippen molar-refractivity contribution in [3.63, 3.8) is 0 Å². The van der Waals surface area contributed by atoms with E-state index in [4.69, 9.17) is 4.74 Å². The van der Waals surface area contributed by atoms with Crippen LogP contribution in [0.3, 0.4) is 0 Å². The smallest absolute Gasteiger partial charge is 0.254 e. The van der Waals surface area contributed by atoms with Gasteiger partial charge in [-0.05, 0) is 64.9 Å². The van der Waals surface area contributed by atoms with E-state index in [9.17, 15) is 4.79 Å². The molecule has 2 aliphatic rings. The number of amides is 1. The molecule has 0 saturated carbocycles. The molecule has 194 valence electrons. The van der Waals surface area contributed by atoms with Crippen LogP contribution in [0.4, 0.5) is 0 Å². The Balaban J connectivity index is 1.09. The molecule has 2 unspecified atom stereocenters. The molecular weight excluding hydrogens is 486 g/mol. The predicted molar refractivity (Wildman–Crippen MR) is 157 cm³/mol. The number of hydrogen-bond donors (Lipinski definition) is 0. The molecule has 6 rings (SSSR count). The number of nitrogens with zero attached hydrogens (tertiary/aromatic N) is 1. The fourth-order valence-electron chi connectivity index (χ4n) is 6.17. The molecule has 3 nitrogen and oxygen atoms in total. The molecule has 2 heterocycles. The topological polar surface area (TPSA) is 29.5 Å². The minimum atomic E-state index is 0.171. The molecule has 0 aromatic heterocycles. The number of piperidine rings is 1. The first kappa shape index (κ1) is 25.1. The zero-order valence-electron chi connectivity index (χ0n) is 22.2. The van der Waals surface area contributed by atoms with Crippen molar-refractivity contribution >= 4 is 28.4 Å². The third kappa shape index (κ3) is 5.07. The maximum absolute atomic E-state index is 13.6. The molecule has 4 aromatic carbocycles. The van der Waals surface area contributed by atoms with Crippen LogP contribution in [0.5, 0.6) is 5.75 Å². The Kier molecular flexibility index (Phi) is 7.16. The van der Waals surface area contributed by atoms with E-state index in [-0.39, 0.29) is 24.1 Å². The lowest BCUT2D eigenvalue weighted by Crippen LogP contribution is -2.49. The molecule has 38 heavy (non-hydrogen) atoms. The third-order valence-corrected chi connectivity index (χ3v) is 9.25. The summed E-state index contributed by atoms with van der Waals surface area (Å²) in [5, 5.41) is 2.56. The average molecular weight is 522 g/mol. The largest absolute Gasteiger partial charge is 0.490 e. The molecule has 4 heteroatoms. The lowest BCUT2D eigenvalue weighted by molar-refractivity contribution is 0.0356. The number of carbonyl (C=O) groups excluding carboxylic acids is 1. The van der Waals surface area contributed by atoms with Gasteiger partial charge in [-0.2, -0.15) is 0 Å². The highest BCUT2D eigenvalue weighted by Crippen LogP contribution is 2.39. The van der Waals surface area contributed by atoms with Crippen LogP contribution >= 0.6 is 11.8 Å². The van der Waals surface area contributed by atoms with Crippen LogP contribution in [0.15, 0.2) is 95.9 Å². The molecule has 2 bridgehead atoms. The Morgan fingerprint density at radius 1 is 0.868 bits per heavy atom. The van der Waals surface area contributed by atoms with Gasteiger partial charge in [0.25, 0.3) is 5.91 Å². The Morgan fingerprint density at radius 2 is 1.55 bits per heavy atom. The van der Waals surface area contributed by atoms with Gasteiger partial charge in [0.1, 0.15) is 11.9 Å². The summed E-state index contributed by atoms with van der Waals surface area (Å²) in [4.78, 5) is 17.0. The summed E-state index contributed by atoms with van der Waals surface area (Å²) in [6, 6.07) is 32.2. The highest BCUT2D eigenvalue weighted by molar-refractivity contribution is 7.98. The lowest BCUT2D eigenvalue weighted by Gasteiger charge is -2.39. The maximum Gasteiger partial charge on any atom is 0.254 e. The zero-order valence-corrected chi connectivity index (χ0v) is 23.0. The highest BCUT2D eigenvalue weighted by Gasteiger charge is 2.44. The van der Waals surface area contributed by atoms with Gasteiger partial charge >= 0.3 is 0 Å². The van der Waals surface area contributed by atoms with E-state index >= 15 is 0 Å². The molecule has 1 amide bonds. The second kappa shape index (κ2) is 10.9. The fourth-order valence-corrected chi connectivity index (χ4v) is 7.21. The fraction of sp³-hybridized carbons (Fsp3) is 0.324. The number of fused-ring (bicyclic) bond motifs is 3. The number of para-hydroxylation sites is 1. The van der Waals surface area contributed by atoms with Crippen molar-refractivity contribution in [2.45, 2.75) is 74.3 Å². The van der Waals surface area contributed by atoms with Gasteiger partial charge < -0.3 is 9.64 Å². The number of ether oxygens (including phenoxy) is 1. The van der Waals surface area contributed by atoms with Crippen molar-refractivity contribution in [3.05, 3.63) is 108 Å². The molecule has 0 N–H and O–H groups in total. The number of benzene rings is 4. The summed E-state index contributed by atoms with van der Waals surface area (Å²) in [5.41, 5.74) is 3.29. The lowest BCUT2D eigenvalue weighted by atomic mass is 9.97. The van der Waals surface area contributed by atoms with Crippen molar-refractivity contribution in [3.8, 4) is 5.75 Å². The van der Waals surface area contributed by atoms with Crippen LogP contribution in [0.25, 0.3) is 10.8 Å². The van der Waals surface area contributed by atoms with Gasteiger partial charge in [0.05, 0.1) is 0 Å². The van der Waals surface area contributed by atoms with Crippen LogP contribution in [0.2, 0.25) is 0 Å². The normalized spacial score (nSPS) is 20.7. The van der Waals surface area contributed by atoms with Crippen molar-refractivity contribution in [1.82, 2.24) is 4.90 Å². The second-order valence-corrected chi connectivity index (χ2v) is 12.0. The highest BCUT2D eigenvalue weighted by atomic mass is 32.2. The van der Waals surface area contributed by atoms with E-state index in [1.54, 1.807) is 0 Å². The van der Waals surface area contributed by atoms with Crippen LogP contribution in [0.1, 0.15) is 66.9 Å². The second-order valence-electron chi connectivity index (χ2n) is 11.0. The van der Waals surface area contributed by atoms with Crippen LogP contribution < -0.4 is 4.74 Å². The molecule has 0 spiro atoms. The molecule has 0 radical (unpaired) electrons. The Hall–Kier alpha value is -3.24. The summed E-state index contributed by atoms with van der Waals surface area (Å²) in [7, 11) is 0. The van der Waals surface area contributed by atoms with Gasteiger partial charge in [-0.25, -0.2) is 0 Å². The van der Waals surface area contributed by atoms with E-state index in [0.717, 1.165) is 42.7 Å². The van der Waals surface area contributed by atoms with Gasteiger partial charge in [-0.15, -0.1) is 11.8 Å². The monoisotopic (exact) mass is 521 g/mol. The maximum atomic E-state index is 13.6. The first-order chi connectivity index (χ1) is 18.6. The molecule has 2 fully saturated rings. The van der Waals surface area contributed by atoms with E-state index < -0.39 is 0 Å². The van der Waals surface area contributed by atoms with Crippen LogP contribution in [0, 0.1) is 0 Å². The average Bonchev–Trinajstić information content (AvgIpc) is 3.21.